The third kappa shape index (κ3) is 2.46. The van der Waals surface area contributed by atoms with Crippen molar-refractivity contribution < 1.29 is 5.48 Å². The maximum atomic E-state index is 1.56. The van der Waals surface area contributed by atoms with E-state index < -0.39 is 0 Å². The van der Waals surface area contributed by atoms with Crippen molar-refractivity contribution in [1.82, 2.24) is 6.15 Å². The second kappa shape index (κ2) is 4.73. The first kappa shape index (κ1) is 10.9. The molecule has 3 fully saturated rings. The van der Waals surface area contributed by atoms with Crippen molar-refractivity contribution in [3.05, 3.63) is 0 Å². The van der Waals surface area contributed by atoms with Crippen molar-refractivity contribution >= 4 is 0 Å². The molecule has 0 spiro atoms. The third-order valence-corrected chi connectivity index (χ3v) is 3.19. The number of rotatable bonds is 0. The highest BCUT2D eigenvalue weighted by Gasteiger charge is 2.24. The summed E-state index contributed by atoms with van der Waals surface area (Å²) in [6.07, 6.45) is 10.9. The lowest BCUT2D eigenvalue weighted by molar-refractivity contribution is 0.308. The van der Waals surface area contributed by atoms with Gasteiger partial charge in [0.15, 0.2) is 0 Å². The van der Waals surface area contributed by atoms with Crippen LogP contribution in [-0.2, 0) is 0 Å². The first-order chi connectivity index (χ1) is 4.45. The fourth-order valence-electron chi connectivity index (χ4n) is 2.50. The van der Waals surface area contributed by atoms with Gasteiger partial charge in [0, 0.05) is 0 Å². The van der Waals surface area contributed by atoms with Gasteiger partial charge in [-0.25, -0.2) is 0 Å². The summed E-state index contributed by atoms with van der Waals surface area (Å²) in [6.45, 7) is 0. The molecular weight excluding hydrogens is 138 g/mol. The molecule has 0 heterocycles. The summed E-state index contributed by atoms with van der Waals surface area (Å²) in [5.74, 6) is 2.28. The predicted molar refractivity (Wildman–Crippen MR) is 47.9 cm³/mol. The van der Waals surface area contributed by atoms with Gasteiger partial charge in [0.2, 0.25) is 0 Å². The smallest absolute Gasteiger partial charge is 0.0414 e. The molecule has 3 aliphatic rings. The summed E-state index contributed by atoms with van der Waals surface area (Å²) in [5, 5.41) is 0. The molecule has 0 aromatic heterocycles. The van der Waals surface area contributed by atoms with Gasteiger partial charge in [-0.2, -0.15) is 0 Å². The van der Waals surface area contributed by atoms with Crippen LogP contribution in [0.3, 0.4) is 0 Å². The van der Waals surface area contributed by atoms with E-state index in [0.717, 1.165) is 11.8 Å². The number of hydrogen-bond donors (Lipinski definition) is 1. The Balaban J connectivity index is 0.000000500. The predicted octanol–water partition coefficient (Wildman–Crippen LogP) is 2.31. The molecule has 0 aromatic carbocycles. The highest BCUT2D eigenvalue weighted by atomic mass is 16.0. The zero-order chi connectivity index (χ0) is 6.10. The molecule has 3 saturated carbocycles. The van der Waals surface area contributed by atoms with E-state index in [0.29, 0.717) is 0 Å². The second-order valence-electron chi connectivity index (χ2n) is 3.82. The summed E-state index contributed by atoms with van der Waals surface area (Å²) in [5.41, 5.74) is 0. The highest BCUT2D eigenvalue weighted by Crippen LogP contribution is 2.38. The van der Waals surface area contributed by atoms with Crippen LogP contribution in [0.25, 0.3) is 0 Å². The van der Waals surface area contributed by atoms with Crippen molar-refractivity contribution in [2.45, 2.75) is 44.9 Å². The number of fused-ring (bicyclic) bond motifs is 4. The molecule has 0 unspecified atom stereocenters. The van der Waals surface area contributed by atoms with Crippen LogP contribution in [0.2, 0.25) is 0 Å². The van der Waals surface area contributed by atoms with Crippen molar-refractivity contribution in [3.8, 4) is 0 Å². The zero-order valence-corrected chi connectivity index (χ0v) is 7.31. The third-order valence-electron chi connectivity index (χ3n) is 3.19. The average Bonchev–Trinajstić information content (AvgIpc) is 2.21. The quantitative estimate of drug-likeness (QED) is 0.579. The van der Waals surface area contributed by atoms with E-state index in [1.54, 1.807) is 38.5 Å². The Morgan fingerprint density at radius 3 is 1.36 bits per heavy atom. The van der Waals surface area contributed by atoms with Crippen molar-refractivity contribution in [2.24, 2.45) is 11.8 Å². The monoisotopic (exact) mass is 159 g/mol. The van der Waals surface area contributed by atoms with Crippen LogP contribution in [0.1, 0.15) is 44.9 Å². The summed E-state index contributed by atoms with van der Waals surface area (Å²) < 4.78 is 0. The van der Waals surface area contributed by atoms with Crippen LogP contribution < -0.4 is 6.15 Å². The normalized spacial score (nSPS) is 34.9. The van der Waals surface area contributed by atoms with Crippen molar-refractivity contribution in [1.29, 1.82) is 0 Å². The lowest BCUT2D eigenvalue weighted by atomic mass is 9.84. The Bertz CT molecular complexity index is 80.2. The second-order valence-corrected chi connectivity index (χ2v) is 3.82. The molecule has 2 heteroatoms. The Labute approximate surface area is 69.3 Å². The van der Waals surface area contributed by atoms with Crippen molar-refractivity contribution in [2.75, 3.05) is 0 Å². The molecule has 0 radical (unpaired) electrons. The summed E-state index contributed by atoms with van der Waals surface area (Å²) in [4.78, 5) is 0. The molecule has 0 aliphatic heterocycles. The Kier molecular flexibility index (Phi) is 4.69. The molecule has 11 heavy (non-hydrogen) atoms. The van der Waals surface area contributed by atoms with Crippen LogP contribution in [0, 0.1) is 11.8 Å². The molecule has 5 N–H and O–H groups in total. The van der Waals surface area contributed by atoms with Gasteiger partial charge in [0.25, 0.3) is 0 Å². The van der Waals surface area contributed by atoms with Crippen LogP contribution in [-0.4, -0.2) is 5.48 Å². The first-order valence-electron chi connectivity index (χ1n) is 4.45. The molecule has 0 amide bonds. The molecular formula is C9H21NO. The van der Waals surface area contributed by atoms with Gasteiger partial charge < -0.3 is 11.6 Å². The molecule has 2 nitrogen and oxygen atoms in total. The van der Waals surface area contributed by atoms with E-state index in [1.165, 1.54) is 6.42 Å². The summed E-state index contributed by atoms with van der Waals surface area (Å²) in [6, 6.07) is 0. The molecule has 0 aromatic rings. The Hall–Kier alpha value is -0.0800. The number of hydrogen-bond acceptors (Lipinski definition) is 1. The summed E-state index contributed by atoms with van der Waals surface area (Å²) in [7, 11) is 0. The maximum Gasteiger partial charge on any atom is -0.0414 e. The van der Waals surface area contributed by atoms with Crippen molar-refractivity contribution in [3.63, 3.8) is 0 Å². The summed E-state index contributed by atoms with van der Waals surface area (Å²) >= 11 is 0. The molecule has 0 saturated heterocycles. The van der Waals surface area contributed by atoms with Gasteiger partial charge in [-0.05, 0) is 11.8 Å². The van der Waals surface area contributed by atoms with E-state index in [2.05, 4.69) is 0 Å². The van der Waals surface area contributed by atoms with Gasteiger partial charge in [-0.15, -0.1) is 0 Å². The topological polar surface area (TPSA) is 66.5 Å². The fourth-order valence-corrected chi connectivity index (χ4v) is 2.50. The van der Waals surface area contributed by atoms with E-state index in [1.807, 2.05) is 0 Å². The van der Waals surface area contributed by atoms with Crippen LogP contribution >= 0.6 is 0 Å². The van der Waals surface area contributed by atoms with Crippen LogP contribution in [0.5, 0.6) is 0 Å². The Morgan fingerprint density at radius 2 is 1.00 bits per heavy atom. The molecule has 3 rings (SSSR count). The Morgan fingerprint density at radius 1 is 0.636 bits per heavy atom. The average molecular weight is 159 g/mol. The maximum absolute atomic E-state index is 1.56. The van der Waals surface area contributed by atoms with Crippen LogP contribution in [0.4, 0.5) is 0 Å². The lowest BCUT2D eigenvalue weighted by Crippen LogP contribution is -2.08. The molecule has 2 bridgehead atoms. The minimum Gasteiger partial charge on any atom is -0.412 e. The molecule has 0 atom stereocenters. The fraction of sp³-hybridized carbons (Fsp3) is 1.00. The largest absolute Gasteiger partial charge is 0.412 e. The minimum absolute atomic E-state index is 0. The van der Waals surface area contributed by atoms with Gasteiger partial charge in [0.1, 0.15) is 0 Å². The van der Waals surface area contributed by atoms with E-state index in [9.17, 15) is 0 Å². The van der Waals surface area contributed by atoms with Gasteiger partial charge in [0.05, 0.1) is 0 Å². The molecule has 3 aliphatic carbocycles. The van der Waals surface area contributed by atoms with E-state index in [4.69, 9.17) is 0 Å². The minimum atomic E-state index is 0. The SMILES string of the molecule is C1CC2CCC(C1)CC2.N.O. The van der Waals surface area contributed by atoms with E-state index >= 15 is 0 Å². The van der Waals surface area contributed by atoms with Gasteiger partial charge in [-0.3, -0.25) is 0 Å². The first-order valence-corrected chi connectivity index (χ1v) is 4.45. The van der Waals surface area contributed by atoms with Gasteiger partial charge in [-0.1, -0.05) is 44.9 Å². The zero-order valence-electron chi connectivity index (χ0n) is 7.31. The van der Waals surface area contributed by atoms with Crippen LogP contribution in [0.15, 0.2) is 0 Å². The molecule has 68 valence electrons. The standard InChI is InChI=1S/C9H16.H3N.H2O/c1-2-8-4-6-9(3-1)7-5-8;;/h8-9H,1-7H2;1H3;1H2. The van der Waals surface area contributed by atoms with E-state index in [-0.39, 0.29) is 11.6 Å². The highest BCUT2D eigenvalue weighted by molar-refractivity contribution is 4.76. The lowest BCUT2D eigenvalue weighted by Gasteiger charge is -2.22. The van der Waals surface area contributed by atoms with Gasteiger partial charge >= 0.3 is 0 Å².